The Morgan fingerprint density at radius 3 is 2.45 bits per heavy atom. The summed E-state index contributed by atoms with van der Waals surface area (Å²) in [5.74, 6) is -0.978. The third-order valence-corrected chi connectivity index (χ3v) is 8.46. The number of ether oxygens (including phenoxy) is 3. The number of alkyl halides is 3. The van der Waals surface area contributed by atoms with Gasteiger partial charge in [-0.05, 0) is 58.7 Å². The van der Waals surface area contributed by atoms with Crippen molar-refractivity contribution in [2.24, 2.45) is 0 Å². The first-order valence-electron chi connectivity index (χ1n) is 13.6. The molecule has 4 rings (SSSR count). The number of anilines is 2. The van der Waals surface area contributed by atoms with Crippen molar-refractivity contribution in [2.45, 2.75) is 75.0 Å². The van der Waals surface area contributed by atoms with Crippen molar-refractivity contribution in [3.05, 3.63) is 24.4 Å². The van der Waals surface area contributed by atoms with E-state index < -0.39 is 52.1 Å². The first kappa shape index (κ1) is 33.1. The maximum atomic E-state index is 14.2. The van der Waals surface area contributed by atoms with Crippen LogP contribution in [0.25, 0.3) is 0 Å². The van der Waals surface area contributed by atoms with Crippen molar-refractivity contribution in [1.29, 1.82) is 0 Å². The lowest BCUT2D eigenvalue weighted by atomic mass is 10.1. The lowest BCUT2D eigenvalue weighted by Crippen LogP contribution is -2.51. The van der Waals surface area contributed by atoms with E-state index in [-0.39, 0.29) is 53.6 Å². The van der Waals surface area contributed by atoms with E-state index in [1.807, 2.05) is 0 Å². The van der Waals surface area contributed by atoms with Gasteiger partial charge in [0.25, 0.3) is 21.8 Å². The van der Waals surface area contributed by atoms with E-state index in [1.54, 1.807) is 0 Å². The second kappa shape index (κ2) is 12.0. The maximum absolute atomic E-state index is 14.2. The number of benzene rings is 1. The van der Waals surface area contributed by atoms with Crippen molar-refractivity contribution in [1.82, 2.24) is 15.1 Å². The summed E-state index contributed by atoms with van der Waals surface area (Å²) in [6.07, 6.45) is -4.38. The molecule has 1 fully saturated rings. The number of nitrogens with one attached hydrogen (secondary N) is 2. The van der Waals surface area contributed by atoms with Gasteiger partial charge in [-0.2, -0.15) is 13.2 Å². The zero-order valence-electron chi connectivity index (χ0n) is 24.3. The summed E-state index contributed by atoms with van der Waals surface area (Å²) < 4.78 is 86.3. The van der Waals surface area contributed by atoms with Gasteiger partial charge < -0.3 is 29.7 Å². The number of sulfonamides is 1. The van der Waals surface area contributed by atoms with Crippen LogP contribution in [0.1, 0.15) is 46.6 Å². The van der Waals surface area contributed by atoms with Gasteiger partial charge >= 0.3 is 12.3 Å². The quantitative estimate of drug-likeness (QED) is 0.282. The van der Waals surface area contributed by atoms with Crippen molar-refractivity contribution in [3.63, 3.8) is 0 Å². The molecule has 2 heterocycles. The molecule has 14 nitrogen and oxygen atoms in total. The van der Waals surface area contributed by atoms with E-state index in [2.05, 4.69) is 20.5 Å². The highest BCUT2D eigenvalue weighted by atomic mass is 32.2. The molecule has 1 saturated carbocycles. The Balaban J connectivity index is 1.69. The van der Waals surface area contributed by atoms with E-state index in [4.69, 9.17) is 9.47 Å². The molecule has 2 aromatic rings. The van der Waals surface area contributed by atoms with Crippen LogP contribution in [0.2, 0.25) is 0 Å². The average molecular weight is 650 g/mol. The van der Waals surface area contributed by atoms with Crippen molar-refractivity contribution in [2.75, 3.05) is 35.9 Å². The number of nitrogens with zero attached hydrogens (tertiary/aromatic N) is 3. The molecular weight excluding hydrogens is 615 g/mol. The minimum atomic E-state index is -4.85. The number of fused-ring (bicyclic) bond motifs is 1. The van der Waals surface area contributed by atoms with E-state index in [0.717, 1.165) is 17.1 Å². The molecule has 1 aliphatic carbocycles. The van der Waals surface area contributed by atoms with E-state index in [9.17, 15) is 41.4 Å². The fraction of sp³-hybridized carbons (Fsp3) is 0.577. The van der Waals surface area contributed by atoms with Crippen LogP contribution >= 0.6 is 0 Å². The molecule has 1 atom stereocenters. The average Bonchev–Trinajstić information content (AvgIpc) is 3.67. The molecule has 2 aliphatic rings. The highest BCUT2D eigenvalue weighted by molar-refractivity contribution is 7.93. The highest BCUT2D eigenvalue weighted by Crippen LogP contribution is 2.42. The van der Waals surface area contributed by atoms with Gasteiger partial charge in [-0.1, -0.05) is 0 Å². The molecule has 1 aliphatic heterocycles. The molecule has 2 amide bonds. The first-order chi connectivity index (χ1) is 20.3. The smallest absolute Gasteiger partial charge is 0.427 e. The number of aliphatic hydroxyl groups excluding tert-OH is 1. The summed E-state index contributed by atoms with van der Waals surface area (Å²) >= 11 is 0. The Morgan fingerprint density at radius 1 is 1.18 bits per heavy atom. The zero-order chi connectivity index (χ0) is 32.7. The van der Waals surface area contributed by atoms with Gasteiger partial charge in [-0.3, -0.25) is 19.1 Å². The minimum Gasteiger partial charge on any atom is -0.484 e. The number of aliphatic hydroxyl groups is 2. The molecule has 0 radical (unpaired) electrons. The normalized spacial score (nSPS) is 17.4. The van der Waals surface area contributed by atoms with Crippen LogP contribution in [-0.4, -0.2) is 90.2 Å². The molecule has 0 spiro atoms. The zero-order valence-corrected chi connectivity index (χ0v) is 25.2. The first-order valence-corrected chi connectivity index (χ1v) is 15.0. The Bertz CT molecular complexity index is 1500. The number of carbonyl (C=O) groups is 2. The number of hydrogen-bond acceptors (Lipinski definition) is 10. The summed E-state index contributed by atoms with van der Waals surface area (Å²) in [7, 11) is -4.51. The predicted octanol–water partition coefficient (Wildman–Crippen LogP) is 2.32. The number of carbonyl (C=O) groups excluding carboxylic acids is 2. The molecule has 44 heavy (non-hydrogen) atoms. The summed E-state index contributed by atoms with van der Waals surface area (Å²) in [5, 5.41) is 28.1. The largest absolute Gasteiger partial charge is 0.484 e. The molecule has 1 aromatic heterocycles. The van der Waals surface area contributed by atoms with Gasteiger partial charge in [0.1, 0.15) is 24.1 Å². The number of halogens is 3. The fourth-order valence-corrected chi connectivity index (χ4v) is 5.57. The van der Waals surface area contributed by atoms with Gasteiger partial charge in [-0.25, -0.2) is 13.2 Å². The van der Waals surface area contributed by atoms with Gasteiger partial charge in [0, 0.05) is 11.9 Å². The van der Waals surface area contributed by atoms with Crippen molar-refractivity contribution < 1.29 is 55.6 Å². The Kier molecular flexibility index (Phi) is 9.01. The van der Waals surface area contributed by atoms with E-state index in [0.29, 0.717) is 13.8 Å². The van der Waals surface area contributed by atoms with Crippen LogP contribution in [0.4, 0.5) is 29.3 Å². The Morgan fingerprint density at radius 2 is 1.86 bits per heavy atom. The summed E-state index contributed by atoms with van der Waals surface area (Å²) in [5.41, 5.74) is -4.72. The highest BCUT2D eigenvalue weighted by Gasteiger charge is 2.51. The topological polar surface area (TPSA) is 182 Å². The third kappa shape index (κ3) is 7.29. The SMILES string of the molecule is CC(C)(O)C(=O)NC[C@H]1CN(S(=O)(=O)c2cn(C3CC3)nc2OCCO)c2cc(NC(=O)OC(C)(C)C(F)(F)F)ccc2O1. The molecule has 18 heteroatoms. The van der Waals surface area contributed by atoms with Crippen LogP contribution in [0, 0.1) is 0 Å². The van der Waals surface area contributed by atoms with E-state index in [1.165, 1.54) is 42.9 Å². The van der Waals surface area contributed by atoms with Crippen LogP contribution < -0.4 is 24.4 Å². The minimum absolute atomic E-state index is 0.00397. The number of aromatic nitrogens is 2. The van der Waals surface area contributed by atoms with Crippen LogP contribution in [0.3, 0.4) is 0 Å². The second-order valence-corrected chi connectivity index (χ2v) is 13.2. The number of amides is 2. The standard InChI is InChI=1S/C26H34F3N5O9S/c1-24(2,38)22(36)30-12-17-13-34(44(39,40)20-14-33(16-6-7-16)32-21(20)41-10-9-35)18-11-15(5-8-19(18)42-17)31-23(37)43-25(3,4)26(27,28)29/h5,8,11,14,16-17,35,38H,6-7,9-10,12-13H2,1-4H3,(H,30,36)(H,31,37)/t17-/m0/s1. The number of hydrogen-bond donors (Lipinski definition) is 4. The van der Waals surface area contributed by atoms with Crippen LogP contribution in [0.15, 0.2) is 29.3 Å². The molecule has 1 aromatic carbocycles. The summed E-state index contributed by atoms with van der Waals surface area (Å²) in [6, 6.07) is 3.72. The molecule has 0 saturated heterocycles. The van der Waals surface area contributed by atoms with Crippen LogP contribution in [0.5, 0.6) is 11.6 Å². The van der Waals surface area contributed by atoms with Crippen LogP contribution in [-0.2, 0) is 19.6 Å². The number of rotatable bonds is 11. The Labute approximate surface area is 251 Å². The van der Waals surface area contributed by atoms with Gasteiger partial charge in [-0.15, -0.1) is 5.10 Å². The lowest BCUT2D eigenvalue weighted by Gasteiger charge is -2.36. The molecule has 0 bridgehead atoms. The second-order valence-electron chi connectivity index (χ2n) is 11.3. The Hall–Kier alpha value is -3.77. The molecule has 244 valence electrons. The van der Waals surface area contributed by atoms with Gasteiger partial charge in [0.05, 0.1) is 31.4 Å². The molecule has 4 N–H and O–H groups in total. The van der Waals surface area contributed by atoms with Crippen molar-refractivity contribution in [3.8, 4) is 11.6 Å². The predicted molar refractivity (Wildman–Crippen MR) is 148 cm³/mol. The summed E-state index contributed by atoms with van der Waals surface area (Å²) in [6.45, 7) is 2.68. The summed E-state index contributed by atoms with van der Waals surface area (Å²) in [4.78, 5) is 24.3. The fourth-order valence-electron chi connectivity index (χ4n) is 4.00. The molecular formula is C26H34F3N5O9S. The van der Waals surface area contributed by atoms with Gasteiger partial charge in [0.2, 0.25) is 5.60 Å². The van der Waals surface area contributed by atoms with Crippen molar-refractivity contribution >= 4 is 33.4 Å². The van der Waals surface area contributed by atoms with Gasteiger partial charge in [0.15, 0.2) is 4.90 Å². The van der Waals surface area contributed by atoms with E-state index >= 15 is 0 Å². The maximum Gasteiger partial charge on any atom is 0.427 e. The third-order valence-electron chi connectivity index (χ3n) is 6.70. The lowest BCUT2D eigenvalue weighted by molar-refractivity contribution is -0.242. The monoisotopic (exact) mass is 649 g/mol. The molecule has 0 unspecified atom stereocenters.